The van der Waals surface area contributed by atoms with Crippen molar-refractivity contribution in [1.29, 1.82) is 0 Å². The molecular weight excluding hydrogens is 454 g/mol. The minimum absolute atomic E-state index is 0.214. The lowest BCUT2D eigenvalue weighted by molar-refractivity contribution is -0.113. The van der Waals surface area contributed by atoms with Crippen LogP contribution in [0, 0.1) is 0 Å². The van der Waals surface area contributed by atoms with Gasteiger partial charge in [0.05, 0.1) is 15.8 Å². The molecule has 1 atom stereocenters. The molecule has 164 valence electrons. The molecule has 1 aliphatic rings. The second-order valence-electron chi connectivity index (χ2n) is 7.53. The summed E-state index contributed by atoms with van der Waals surface area (Å²) < 4.78 is 1.08. The maximum atomic E-state index is 13.3. The summed E-state index contributed by atoms with van der Waals surface area (Å²) in [5.74, 6) is 0.316. The number of thiazole rings is 1. The molecule has 1 aromatic heterocycles. The Bertz CT molecular complexity index is 1350. The Hall–Kier alpha value is -3.68. The number of nitrogens with zero attached hydrogens (tertiary/aromatic N) is 2. The van der Waals surface area contributed by atoms with Crippen molar-refractivity contribution in [2.75, 3.05) is 10.6 Å². The molecule has 3 N–H and O–H groups in total. The van der Waals surface area contributed by atoms with Crippen LogP contribution in [0.1, 0.15) is 18.5 Å². The first-order valence-corrected chi connectivity index (χ1v) is 11.6. The summed E-state index contributed by atoms with van der Waals surface area (Å²) in [5, 5.41) is 10.8. The third-order valence-corrected chi connectivity index (χ3v) is 6.43. The number of hydrogen-bond acceptors (Lipinski definition) is 6. The van der Waals surface area contributed by atoms with Crippen LogP contribution in [0.3, 0.4) is 0 Å². The monoisotopic (exact) mass is 473 g/mol. The number of fused-ring (bicyclic) bond motifs is 1. The van der Waals surface area contributed by atoms with E-state index < -0.39 is 6.04 Å². The van der Waals surface area contributed by atoms with Crippen LogP contribution in [-0.2, 0) is 4.79 Å². The summed E-state index contributed by atoms with van der Waals surface area (Å²) in [7, 11) is 0. The first-order chi connectivity index (χ1) is 16.1. The number of carbonyl (C=O) groups is 1. The van der Waals surface area contributed by atoms with Crippen LogP contribution < -0.4 is 16.0 Å². The first-order valence-electron chi connectivity index (χ1n) is 10.4. The van der Waals surface area contributed by atoms with Gasteiger partial charge in [0.25, 0.3) is 5.91 Å². The van der Waals surface area contributed by atoms with Crippen LogP contribution in [0.4, 0.5) is 10.8 Å². The third-order valence-electron chi connectivity index (χ3n) is 5.22. The molecule has 0 bridgehead atoms. The molecule has 33 heavy (non-hydrogen) atoms. The Morgan fingerprint density at radius 2 is 1.73 bits per heavy atom. The van der Waals surface area contributed by atoms with E-state index in [1.54, 1.807) is 23.5 Å². The van der Waals surface area contributed by atoms with Gasteiger partial charge in [-0.2, -0.15) is 0 Å². The Labute approximate surface area is 200 Å². The van der Waals surface area contributed by atoms with Crippen molar-refractivity contribution >= 4 is 55.8 Å². The number of halogens is 1. The van der Waals surface area contributed by atoms with Crippen LogP contribution >= 0.6 is 22.9 Å². The molecule has 0 saturated heterocycles. The van der Waals surface area contributed by atoms with Gasteiger partial charge in [-0.1, -0.05) is 65.4 Å². The molecule has 5 rings (SSSR count). The van der Waals surface area contributed by atoms with E-state index in [0.717, 1.165) is 26.6 Å². The fourth-order valence-corrected chi connectivity index (χ4v) is 4.66. The number of anilines is 2. The number of nitrogens with one attached hydrogen (secondary N) is 3. The molecule has 0 saturated carbocycles. The van der Waals surface area contributed by atoms with Crippen LogP contribution in [0.5, 0.6) is 0 Å². The second-order valence-corrected chi connectivity index (χ2v) is 8.99. The second kappa shape index (κ2) is 9.05. The highest BCUT2D eigenvalue weighted by atomic mass is 35.5. The van der Waals surface area contributed by atoms with Crippen molar-refractivity contribution in [3.63, 3.8) is 0 Å². The van der Waals surface area contributed by atoms with Crippen LogP contribution in [0.25, 0.3) is 10.2 Å². The molecule has 3 aromatic carbocycles. The van der Waals surface area contributed by atoms with Crippen molar-refractivity contribution in [1.82, 2.24) is 10.3 Å². The van der Waals surface area contributed by atoms with Crippen LogP contribution in [-0.4, -0.2) is 16.9 Å². The predicted octanol–water partition coefficient (Wildman–Crippen LogP) is 5.97. The van der Waals surface area contributed by atoms with Gasteiger partial charge >= 0.3 is 0 Å². The zero-order chi connectivity index (χ0) is 22.8. The van der Waals surface area contributed by atoms with E-state index in [1.165, 1.54) is 0 Å². The molecule has 0 fully saturated rings. The lowest BCUT2D eigenvalue weighted by Gasteiger charge is -2.26. The smallest absolute Gasteiger partial charge is 0.255 e. The van der Waals surface area contributed by atoms with Crippen LogP contribution in [0.15, 0.2) is 95.1 Å². The van der Waals surface area contributed by atoms with Crippen molar-refractivity contribution < 1.29 is 4.79 Å². The molecule has 4 aromatic rings. The van der Waals surface area contributed by atoms with Crippen molar-refractivity contribution in [3.8, 4) is 0 Å². The topological polar surface area (TPSA) is 78.4 Å². The first kappa shape index (κ1) is 21.2. The minimum atomic E-state index is -0.510. The highest BCUT2D eigenvalue weighted by Crippen LogP contribution is 2.33. The SMILES string of the molecule is CC1=C(C(=O)Nc2ccccc2)[C@H](c2ccc(Cl)cc2)N=C(Nc2nc3ccccc3s2)N1. The number of amides is 1. The van der Waals surface area contributed by atoms with E-state index in [-0.39, 0.29) is 5.91 Å². The van der Waals surface area contributed by atoms with E-state index >= 15 is 0 Å². The van der Waals surface area contributed by atoms with Crippen molar-refractivity contribution in [2.24, 2.45) is 4.99 Å². The zero-order valence-electron chi connectivity index (χ0n) is 17.7. The average Bonchev–Trinajstić information content (AvgIpc) is 3.22. The summed E-state index contributed by atoms with van der Waals surface area (Å²) in [5.41, 5.74) is 3.76. The van der Waals surface area contributed by atoms with Gasteiger partial charge in [0.15, 0.2) is 5.13 Å². The largest absolute Gasteiger partial charge is 0.329 e. The lowest BCUT2D eigenvalue weighted by atomic mass is 9.95. The molecule has 0 aliphatic carbocycles. The number of guanidine groups is 1. The number of hydrogen-bond donors (Lipinski definition) is 3. The molecule has 8 heteroatoms. The highest BCUT2D eigenvalue weighted by Gasteiger charge is 2.29. The number of aliphatic imine (C=N–C) groups is 1. The molecule has 0 radical (unpaired) electrons. The van der Waals surface area contributed by atoms with Gasteiger partial charge in [-0.3, -0.25) is 4.79 Å². The minimum Gasteiger partial charge on any atom is -0.329 e. The Balaban J connectivity index is 1.48. The summed E-state index contributed by atoms with van der Waals surface area (Å²) in [4.78, 5) is 22.7. The number of carbonyl (C=O) groups excluding carboxylic acids is 1. The number of aromatic nitrogens is 1. The highest BCUT2D eigenvalue weighted by molar-refractivity contribution is 7.22. The lowest BCUT2D eigenvalue weighted by Crippen LogP contribution is -2.37. The molecule has 1 amide bonds. The number of benzene rings is 3. The standard InChI is InChI=1S/C25H20ClN5OS/c1-15-21(23(32)28-18-7-3-2-4-8-18)22(16-11-13-17(26)14-12-16)30-24(27-15)31-25-29-19-9-5-6-10-20(19)33-25/h2-14,22H,1H3,(H,28,32)(H2,27,29,30,31)/t22-/m0/s1. The summed E-state index contributed by atoms with van der Waals surface area (Å²) in [6.07, 6.45) is 0. The van der Waals surface area contributed by atoms with E-state index in [2.05, 4.69) is 20.9 Å². The zero-order valence-corrected chi connectivity index (χ0v) is 19.2. The van der Waals surface area contributed by atoms with Gasteiger partial charge in [0, 0.05) is 16.4 Å². The summed E-state index contributed by atoms with van der Waals surface area (Å²) in [6, 6.07) is 24.2. The maximum absolute atomic E-state index is 13.3. The van der Waals surface area contributed by atoms with E-state index in [9.17, 15) is 4.79 Å². The molecule has 1 aliphatic heterocycles. The summed E-state index contributed by atoms with van der Waals surface area (Å²) in [6.45, 7) is 1.87. The predicted molar refractivity (Wildman–Crippen MR) is 136 cm³/mol. The molecule has 0 unspecified atom stereocenters. The number of para-hydroxylation sites is 2. The summed E-state index contributed by atoms with van der Waals surface area (Å²) >= 11 is 7.65. The van der Waals surface area contributed by atoms with Gasteiger partial charge in [-0.25, -0.2) is 9.98 Å². The van der Waals surface area contributed by atoms with Gasteiger partial charge < -0.3 is 16.0 Å². The van der Waals surface area contributed by atoms with Crippen molar-refractivity contribution in [2.45, 2.75) is 13.0 Å². The van der Waals surface area contributed by atoms with Gasteiger partial charge in [0.1, 0.15) is 6.04 Å². The maximum Gasteiger partial charge on any atom is 0.255 e. The Morgan fingerprint density at radius 1 is 1.00 bits per heavy atom. The van der Waals surface area contributed by atoms with Crippen LogP contribution in [0.2, 0.25) is 5.02 Å². The molecule has 0 spiro atoms. The quantitative estimate of drug-likeness (QED) is 0.341. The number of allylic oxidation sites excluding steroid dienone is 1. The third kappa shape index (κ3) is 4.60. The fourth-order valence-electron chi connectivity index (χ4n) is 3.67. The molecular formula is C25H20ClN5OS. The molecule has 2 heterocycles. The van der Waals surface area contributed by atoms with E-state index in [4.69, 9.17) is 16.6 Å². The van der Waals surface area contributed by atoms with E-state index in [1.807, 2.05) is 73.7 Å². The Morgan fingerprint density at radius 3 is 2.48 bits per heavy atom. The average molecular weight is 474 g/mol. The van der Waals surface area contributed by atoms with Crippen molar-refractivity contribution in [3.05, 3.63) is 101 Å². The van der Waals surface area contributed by atoms with E-state index in [0.29, 0.717) is 22.3 Å². The van der Waals surface area contributed by atoms with Gasteiger partial charge in [-0.15, -0.1) is 0 Å². The fraction of sp³-hybridized carbons (Fsp3) is 0.0800. The Kier molecular flexibility index (Phi) is 5.81. The molecule has 6 nitrogen and oxygen atoms in total. The van der Waals surface area contributed by atoms with Gasteiger partial charge in [0.2, 0.25) is 5.96 Å². The number of rotatable bonds is 4. The normalized spacial score (nSPS) is 15.7. The van der Waals surface area contributed by atoms with Gasteiger partial charge in [-0.05, 0) is 48.9 Å².